The molecule has 15 heteroatoms. The fourth-order valence-corrected chi connectivity index (χ4v) is 6.25. The highest BCUT2D eigenvalue weighted by Crippen LogP contribution is 2.37. The molecule has 2 fully saturated rings. The fourth-order valence-electron chi connectivity index (χ4n) is 6.25. The van der Waals surface area contributed by atoms with Gasteiger partial charge in [-0.2, -0.15) is 23.1 Å². The molecule has 2 aromatic carbocycles. The van der Waals surface area contributed by atoms with Gasteiger partial charge in [0.25, 0.3) is 0 Å². The van der Waals surface area contributed by atoms with Crippen molar-refractivity contribution in [3.63, 3.8) is 0 Å². The molecule has 2 atom stereocenters. The van der Waals surface area contributed by atoms with Gasteiger partial charge in [0.2, 0.25) is 17.7 Å². The Morgan fingerprint density at radius 3 is 1.98 bits per heavy atom. The van der Waals surface area contributed by atoms with E-state index < -0.39 is 25.4 Å². The van der Waals surface area contributed by atoms with Gasteiger partial charge in [0.05, 0.1) is 19.8 Å². The van der Waals surface area contributed by atoms with E-state index >= 15 is 0 Å². The quantitative estimate of drug-likeness (QED) is 0.341. The summed E-state index contributed by atoms with van der Waals surface area (Å²) in [7, 11) is 2.75. The number of aliphatic hydroxyl groups is 1. The number of fused-ring (bicyclic) bond motifs is 1. The molecular weight excluding hydrogens is 650 g/mol. The maximum absolute atomic E-state index is 12.8. The van der Waals surface area contributed by atoms with Gasteiger partial charge in [-0.25, -0.2) is 0 Å². The number of alkyl halides is 3. The van der Waals surface area contributed by atoms with E-state index in [1.54, 1.807) is 4.90 Å². The number of benzene rings is 2. The predicted molar refractivity (Wildman–Crippen MR) is 169 cm³/mol. The van der Waals surface area contributed by atoms with Gasteiger partial charge in [-0.05, 0) is 11.1 Å². The molecule has 2 aliphatic heterocycles. The number of piperazine rings is 2. The first-order valence-corrected chi connectivity index (χ1v) is 14.4. The lowest BCUT2D eigenvalue weighted by Crippen LogP contribution is -2.67. The van der Waals surface area contributed by atoms with Gasteiger partial charge in [0, 0.05) is 57.3 Å². The van der Waals surface area contributed by atoms with Gasteiger partial charge in [-0.15, -0.1) is 24.8 Å². The van der Waals surface area contributed by atoms with Crippen molar-refractivity contribution >= 4 is 30.7 Å². The van der Waals surface area contributed by atoms with Crippen molar-refractivity contribution in [2.75, 3.05) is 60.2 Å². The molecule has 0 unspecified atom stereocenters. The largest absolute Gasteiger partial charge is 0.481 e. The third-order valence-corrected chi connectivity index (χ3v) is 8.10. The number of hydrogen-bond acceptors (Lipinski definition) is 9. The number of methoxy groups -OCH3 is 2. The number of hydrogen-bond donors (Lipinski definition) is 1. The van der Waals surface area contributed by atoms with Crippen molar-refractivity contribution in [3.8, 4) is 17.8 Å². The van der Waals surface area contributed by atoms with Crippen LogP contribution in [0.2, 0.25) is 0 Å². The summed E-state index contributed by atoms with van der Waals surface area (Å²) in [6.45, 7) is 0.967. The van der Waals surface area contributed by atoms with Gasteiger partial charge in [-0.1, -0.05) is 60.7 Å². The van der Waals surface area contributed by atoms with E-state index in [4.69, 9.17) is 14.2 Å². The van der Waals surface area contributed by atoms with Gasteiger partial charge in [0.15, 0.2) is 6.61 Å². The molecule has 46 heavy (non-hydrogen) atoms. The van der Waals surface area contributed by atoms with Crippen LogP contribution in [0.15, 0.2) is 60.7 Å². The van der Waals surface area contributed by atoms with Crippen LogP contribution in [0.1, 0.15) is 22.6 Å². The Labute approximate surface area is 278 Å². The molecule has 0 spiro atoms. The Kier molecular flexibility index (Phi) is 13.3. The lowest BCUT2D eigenvalue weighted by molar-refractivity contribution is -0.154. The first kappa shape index (κ1) is 37.1. The van der Waals surface area contributed by atoms with Crippen LogP contribution >= 0.6 is 24.8 Å². The standard InChI is InChI=1S/C31H36F3N5O5.2ClH/c1-42-28-24(29(43-2)36-30(35-28)44-20-31(32,33)34)17-37-15-23-16-38(26(41)19-40)13-14-39(23)25(18-37)27(21-9-5-3-6-10-21)22-11-7-4-8-12-22;;/h3-12,23,25,27,40H,13-20H2,1-2H3;2*1H/t23-,25+;;/m1../s1. The van der Waals surface area contributed by atoms with Gasteiger partial charge < -0.3 is 24.2 Å². The van der Waals surface area contributed by atoms with E-state index in [2.05, 4.69) is 44.0 Å². The second kappa shape index (κ2) is 16.5. The van der Waals surface area contributed by atoms with Crippen LogP contribution in [0.3, 0.4) is 0 Å². The van der Waals surface area contributed by atoms with Crippen molar-refractivity contribution < 1.29 is 37.3 Å². The number of rotatable bonds is 10. The molecule has 0 bridgehead atoms. The molecule has 3 aromatic rings. The first-order valence-electron chi connectivity index (χ1n) is 14.4. The molecule has 1 aromatic heterocycles. The summed E-state index contributed by atoms with van der Waals surface area (Å²) in [5, 5.41) is 9.56. The van der Waals surface area contributed by atoms with Gasteiger partial charge in [-0.3, -0.25) is 14.6 Å². The molecule has 252 valence electrons. The molecular formula is C31H38Cl2F3N5O5. The van der Waals surface area contributed by atoms with Crippen molar-refractivity contribution in [3.05, 3.63) is 77.4 Å². The summed E-state index contributed by atoms with van der Waals surface area (Å²) >= 11 is 0. The van der Waals surface area contributed by atoms with Crippen LogP contribution in [0.4, 0.5) is 13.2 Å². The zero-order chi connectivity index (χ0) is 31.3. The van der Waals surface area contributed by atoms with Crippen LogP contribution < -0.4 is 14.2 Å². The Morgan fingerprint density at radius 1 is 0.913 bits per heavy atom. The number of nitrogens with zero attached hydrogens (tertiary/aromatic N) is 5. The molecule has 0 radical (unpaired) electrons. The molecule has 5 rings (SSSR count). The van der Waals surface area contributed by atoms with Crippen molar-refractivity contribution in [1.29, 1.82) is 0 Å². The maximum atomic E-state index is 12.8. The minimum Gasteiger partial charge on any atom is -0.481 e. The molecule has 1 N–H and O–H groups in total. The summed E-state index contributed by atoms with van der Waals surface area (Å²) in [5.74, 6) is -0.207. The summed E-state index contributed by atoms with van der Waals surface area (Å²) in [5.41, 5.74) is 2.78. The van der Waals surface area contributed by atoms with E-state index in [1.807, 2.05) is 36.4 Å². The second-order valence-corrected chi connectivity index (χ2v) is 10.9. The van der Waals surface area contributed by atoms with E-state index in [-0.39, 0.29) is 67.0 Å². The molecule has 0 saturated carbocycles. The van der Waals surface area contributed by atoms with Crippen LogP contribution in [0.25, 0.3) is 0 Å². The average molecular weight is 689 g/mol. The Bertz CT molecular complexity index is 1350. The SMILES string of the molecule is COc1nc(OCC(F)(F)F)nc(OC)c1CN1C[C@@H]2CN(C(=O)CO)CCN2[C@H](C(c2ccccc2)c2ccccc2)C1.Cl.Cl. The van der Waals surface area contributed by atoms with E-state index in [0.717, 1.165) is 11.1 Å². The third kappa shape index (κ3) is 8.71. The van der Waals surface area contributed by atoms with Crippen LogP contribution in [0.5, 0.6) is 17.8 Å². The summed E-state index contributed by atoms with van der Waals surface area (Å²) in [6.07, 6.45) is -4.56. The van der Waals surface area contributed by atoms with Crippen molar-refractivity contribution in [2.24, 2.45) is 0 Å². The average Bonchev–Trinajstić information content (AvgIpc) is 3.04. The molecule has 2 saturated heterocycles. The number of carbonyl (C=O) groups is 1. The topological polar surface area (TPSA) is 100 Å². The van der Waals surface area contributed by atoms with Crippen LogP contribution in [-0.2, 0) is 11.3 Å². The Balaban J connectivity index is 0.00000288. The summed E-state index contributed by atoms with van der Waals surface area (Å²) in [6, 6.07) is 20.0. The first-order chi connectivity index (χ1) is 21.2. The highest BCUT2D eigenvalue weighted by molar-refractivity contribution is 5.85. The van der Waals surface area contributed by atoms with Crippen LogP contribution in [-0.4, -0.2) is 114 Å². The number of carbonyl (C=O) groups excluding carboxylic acids is 1. The lowest BCUT2D eigenvalue weighted by atomic mass is 9.81. The minimum atomic E-state index is -4.56. The predicted octanol–water partition coefficient (Wildman–Crippen LogP) is 3.80. The third-order valence-electron chi connectivity index (χ3n) is 8.10. The molecule has 2 aliphatic rings. The van der Waals surface area contributed by atoms with Gasteiger partial charge in [0.1, 0.15) is 6.61 Å². The monoisotopic (exact) mass is 687 g/mol. The number of ether oxygens (including phenoxy) is 3. The zero-order valence-electron chi connectivity index (χ0n) is 25.4. The smallest absolute Gasteiger partial charge is 0.422 e. The second-order valence-electron chi connectivity index (χ2n) is 10.9. The number of halogens is 5. The lowest BCUT2D eigenvalue weighted by Gasteiger charge is -2.53. The maximum Gasteiger partial charge on any atom is 0.422 e. The van der Waals surface area contributed by atoms with E-state index in [9.17, 15) is 23.1 Å². The Hall–Kier alpha value is -3.36. The zero-order valence-corrected chi connectivity index (χ0v) is 27.1. The number of aromatic nitrogens is 2. The normalized spacial score (nSPS) is 18.6. The summed E-state index contributed by atoms with van der Waals surface area (Å²) < 4.78 is 54.1. The minimum absolute atomic E-state index is 0. The van der Waals surface area contributed by atoms with Gasteiger partial charge >= 0.3 is 12.2 Å². The highest BCUT2D eigenvalue weighted by Gasteiger charge is 2.43. The molecule has 1 amide bonds. The van der Waals surface area contributed by atoms with Crippen molar-refractivity contribution in [1.82, 2.24) is 24.7 Å². The molecule has 10 nitrogen and oxygen atoms in total. The molecule has 3 heterocycles. The Morgan fingerprint density at radius 2 is 1.48 bits per heavy atom. The van der Waals surface area contributed by atoms with Crippen LogP contribution in [0, 0.1) is 0 Å². The molecule has 0 aliphatic carbocycles. The number of aliphatic hydroxyl groups excluding tert-OH is 1. The van der Waals surface area contributed by atoms with E-state index in [1.165, 1.54) is 14.2 Å². The van der Waals surface area contributed by atoms with Crippen molar-refractivity contribution in [2.45, 2.75) is 30.7 Å². The number of amides is 1. The fraction of sp³-hybridized carbons (Fsp3) is 0.452. The van der Waals surface area contributed by atoms with E-state index in [0.29, 0.717) is 38.3 Å². The highest BCUT2D eigenvalue weighted by atomic mass is 35.5. The summed E-state index contributed by atoms with van der Waals surface area (Å²) in [4.78, 5) is 27.0.